The molecule has 0 aliphatic carbocycles. The summed E-state index contributed by atoms with van der Waals surface area (Å²) in [4.78, 5) is 0. The summed E-state index contributed by atoms with van der Waals surface area (Å²) in [5.74, 6) is 1.52. The van der Waals surface area contributed by atoms with Gasteiger partial charge >= 0.3 is 0 Å². The molecule has 2 aromatic carbocycles. The highest BCUT2D eigenvalue weighted by Crippen LogP contribution is 2.22. The molecule has 0 amide bonds. The van der Waals surface area contributed by atoms with Gasteiger partial charge in [0.15, 0.2) is 5.11 Å². The first-order valence-electron chi connectivity index (χ1n) is 6.60. The molecule has 0 saturated heterocycles. The molecule has 0 spiro atoms. The van der Waals surface area contributed by atoms with Gasteiger partial charge in [-0.05, 0) is 54.2 Å². The van der Waals surface area contributed by atoms with Gasteiger partial charge in [0.05, 0.1) is 26.1 Å². The third-order valence-corrected chi connectivity index (χ3v) is 3.04. The summed E-state index contributed by atoms with van der Waals surface area (Å²) in [6, 6.07) is 15.1. The van der Waals surface area contributed by atoms with Gasteiger partial charge < -0.3 is 14.8 Å². The maximum absolute atomic E-state index is 5.24. The summed E-state index contributed by atoms with van der Waals surface area (Å²) in [5, 5.41) is 7.50. The van der Waals surface area contributed by atoms with Gasteiger partial charge in [0.2, 0.25) is 0 Å². The van der Waals surface area contributed by atoms with E-state index >= 15 is 0 Å². The number of hydrogen-bond acceptors (Lipinski definition) is 4. The van der Waals surface area contributed by atoms with E-state index in [0.717, 1.165) is 17.0 Å². The summed E-state index contributed by atoms with van der Waals surface area (Å²) >= 11 is 5.19. The standard InChI is InChI=1S/C16H17N3O2S/c1-20-13-9-7-12(8-10-13)11-17-19-16(22)18-14-5-3-4-6-15(14)21-2/h3-11H,1-2H3,(H2,18,19,22)/b17-11+. The second kappa shape index (κ2) is 7.99. The van der Waals surface area contributed by atoms with Crippen LogP contribution in [-0.2, 0) is 0 Å². The van der Waals surface area contributed by atoms with Crippen LogP contribution in [0.15, 0.2) is 53.6 Å². The molecule has 2 aromatic rings. The number of ether oxygens (including phenoxy) is 2. The molecule has 2 N–H and O–H groups in total. The van der Waals surface area contributed by atoms with Gasteiger partial charge in [0.25, 0.3) is 0 Å². The third kappa shape index (κ3) is 4.46. The molecule has 0 bridgehead atoms. The summed E-state index contributed by atoms with van der Waals surface area (Å²) in [5.41, 5.74) is 4.48. The Bertz CT molecular complexity index is 657. The molecule has 0 atom stereocenters. The van der Waals surface area contributed by atoms with Crippen molar-refractivity contribution in [2.75, 3.05) is 19.5 Å². The van der Waals surface area contributed by atoms with Crippen molar-refractivity contribution >= 4 is 29.2 Å². The largest absolute Gasteiger partial charge is 0.497 e. The van der Waals surface area contributed by atoms with Gasteiger partial charge in [-0.2, -0.15) is 5.10 Å². The fourth-order valence-electron chi connectivity index (χ4n) is 1.75. The van der Waals surface area contributed by atoms with Crippen LogP contribution in [0.25, 0.3) is 0 Å². The van der Waals surface area contributed by atoms with E-state index in [9.17, 15) is 0 Å². The Morgan fingerprint density at radius 1 is 1.05 bits per heavy atom. The Balaban J connectivity index is 1.90. The lowest BCUT2D eigenvalue weighted by Gasteiger charge is -2.10. The van der Waals surface area contributed by atoms with E-state index in [2.05, 4.69) is 15.8 Å². The average molecular weight is 315 g/mol. The van der Waals surface area contributed by atoms with Gasteiger partial charge in [0.1, 0.15) is 11.5 Å². The molecule has 0 unspecified atom stereocenters. The van der Waals surface area contributed by atoms with Gasteiger partial charge in [0, 0.05) is 0 Å². The zero-order valence-corrected chi connectivity index (χ0v) is 13.2. The molecule has 0 fully saturated rings. The number of nitrogens with one attached hydrogen (secondary N) is 2. The van der Waals surface area contributed by atoms with E-state index in [0.29, 0.717) is 10.9 Å². The lowest BCUT2D eigenvalue weighted by Crippen LogP contribution is -2.24. The summed E-state index contributed by atoms with van der Waals surface area (Å²) in [7, 11) is 3.24. The van der Waals surface area contributed by atoms with E-state index < -0.39 is 0 Å². The number of rotatable bonds is 5. The first-order chi connectivity index (χ1) is 10.7. The Labute approximate surface area is 134 Å². The normalized spacial score (nSPS) is 10.3. The molecule has 0 saturated carbocycles. The highest BCUT2D eigenvalue weighted by molar-refractivity contribution is 7.80. The highest BCUT2D eigenvalue weighted by atomic mass is 32.1. The zero-order valence-electron chi connectivity index (χ0n) is 12.4. The number of benzene rings is 2. The van der Waals surface area contributed by atoms with Crippen molar-refractivity contribution in [3.63, 3.8) is 0 Å². The topological polar surface area (TPSA) is 54.9 Å². The molecule has 0 aromatic heterocycles. The molecular formula is C16H17N3O2S. The van der Waals surface area contributed by atoms with Crippen molar-refractivity contribution in [1.29, 1.82) is 0 Å². The Morgan fingerprint density at radius 3 is 2.45 bits per heavy atom. The number of hydrogen-bond donors (Lipinski definition) is 2. The third-order valence-electron chi connectivity index (χ3n) is 2.85. The number of nitrogens with zero attached hydrogens (tertiary/aromatic N) is 1. The van der Waals surface area contributed by atoms with Crippen LogP contribution in [0.5, 0.6) is 11.5 Å². The molecule has 2 rings (SSSR count). The predicted molar refractivity (Wildman–Crippen MR) is 92.9 cm³/mol. The molecular weight excluding hydrogens is 298 g/mol. The van der Waals surface area contributed by atoms with Crippen LogP contribution < -0.4 is 20.2 Å². The van der Waals surface area contributed by atoms with E-state index in [1.807, 2.05) is 48.5 Å². The average Bonchev–Trinajstić information content (AvgIpc) is 2.56. The summed E-state index contributed by atoms with van der Waals surface area (Å²) in [6.45, 7) is 0. The number of hydrazone groups is 1. The van der Waals surface area contributed by atoms with E-state index in [-0.39, 0.29) is 0 Å². The van der Waals surface area contributed by atoms with Crippen LogP contribution >= 0.6 is 12.2 Å². The lowest BCUT2D eigenvalue weighted by molar-refractivity contribution is 0.415. The molecule has 114 valence electrons. The molecule has 0 radical (unpaired) electrons. The summed E-state index contributed by atoms with van der Waals surface area (Å²) in [6.07, 6.45) is 1.68. The van der Waals surface area contributed by atoms with Crippen molar-refractivity contribution in [3.8, 4) is 11.5 Å². The quantitative estimate of drug-likeness (QED) is 0.505. The van der Waals surface area contributed by atoms with Crippen molar-refractivity contribution < 1.29 is 9.47 Å². The maximum atomic E-state index is 5.24. The van der Waals surface area contributed by atoms with Crippen LogP contribution in [0.3, 0.4) is 0 Å². The minimum Gasteiger partial charge on any atom is -0.497 e. The van der Waals surface area contributed by atoms with E-state index in [1.165, 1.54) is 0 Å². The Hall–Kier alpha value is -2.60. The number of methoxy groups -OCH3 is 2. The van der Waals surface area contributed by atoms with Gasteiger partial charge in [-0.3, -0.25) is 5.43 Å². The van der Waals surface area contributed by atoms with Crippen LogP contribution in [0.4, 0.5) is 5.69 Å². The van der Waals surface area contributed by atoms with Gasteiger partial charge in [-0.15, -0.1) is 0 Å². The first kappa shape index (κ1) is 15.8. The van der Waals surface area contributed by atoms with Crippen LogP contribution in [0.1, 0.15) is 5.56 Å². The molecule has 22 heavy (non-hydrogen) atoms. The molecule has 0 heterocycles. The molecule has 0 aliphatic rings. The minimum absolute atomic E-state index is 0.384. The van der Waals surface area contributed by atoms with E-state index in [1.54, 1.807) is 20.4 Å². The van der Waals surface area contributed by atoms with Crippen molar-refractivity contribution in [1.82, 2.24) is 5.43 Å². The van der Waals surface area contributed by atoms with Gasteiger partial charge in [-0.25, -0.2) is 0 Å². The van der Waals surface area contributed by atoms with Crippen LogP contribution in [0.2, 0.25) is 0 Å². The summed E-state index contributed by atoms with van der Waals surface area (Å²) < 4.78 is 10.3. The Kier molecular flexibility index (Phi) is 5.73. The first-order valence-corrected chi connectivity index (χ1v) is 7.01. The van der Waals surface area contributed by atoms with Crippen LogP contribution in [0, 0.1) is 0 Å². The highest BCUT2D eigenvalue weighted by Gasteiger charge is 2.02. The lowest BCUT2D eigenvalue weighted by atomic mass is 10.2. The van der Waals surface area contributed by atoms with E-state index in [4.69, 9.17) is 21.7 Å². The van der Waals surface area contributed by atoms with Crippen molar-refractivity contribution in [2.24, 2.45) is 5.10 Å². The zero-order chi connectivity index (χ0) is 15.8. The van der Waals surface area contributed by atoms with Crippen LogP contribution in [-0.4, -0.2) is 25.5 Å². The monoisotopic (exact) mass is 315 g/mol. The van der Waals surface area contributed by atoms with Crippen molar-refractivity contribution in [2.45, 2.75) is 0 Å². The minimum atomic E-state index is 0.384. The second-order valence-corrected chi connectivity index (χ2v) is 4.71. The number of anilines is 1. The fourth-order valence-corrected chi connectivity index (χ4v) is 1.92. The molecule has 5 nitrogen and oxygen atoms in total. The number of para-hydroxylation sites is 2. The smallest absolute Gasteiger partial charge is 0.191 e. The SMILES string of the molecule is COc1ccc(/C=N/NC(=S)Nc2ccccc2OC)cc1. The predicted octanol–water partition coefficient (Wildman–Crippen LogP) is 3.02. The molecule has 6 heteroatoms. The van der Waals surface area contributed by atoms with Gasteiger partial charge in [-0.1, -0.05) is 12.1 Å². The van der Waals surface area contributed by atoms with Crippen molar-refractivity contribution in [3.05, 3.63) is 54.1 Å². The molecule has 0 aliphatic heterocycles. The number of thiocarbonyl (C=S) groups is 1. The fraction of sp³-hybridized carbons (Fsp3) is 0.125. The second-order valence-electron chi connectivity index (χ2n) is 4.30. The Morgan fingerprint density at radius 2 is 1.77 bits per heavy atom. The maximum Gasteiger partial charge on any atom is 0.191 e.